The summed E-state index contributed by atoms with van der Waals surface area (Å²) in [5.74, 6) is 1.47. The molecule has 1 atom stereocenters. The molecule has 1 aromatic carbocycles. The van der Waals surface area contributed by atoms with Gasteiger partial charge in [-0.1, -0.05) is 12.1 Å². The van der Waals surface area contributed by atoms with Gasteiger partial charge in [0.1, 0.15) is 5.82 Å². The summed E-state index contributed by atoms with van der Waals surface area (Å²) < 4.78 is 13.3. The van der Waals surface area contributed by atoms with Gasteiger partial charge in [-0.3, -0.25) is 4.99 Å². The van der Waals surface area contributed by atoms with E-state index in [0.717, 1.165) is 30.5 Å². The molecule has 1 saturated carbocycles. The van der Waals surface area contributed by atoms with Crippen LogP contribution in [0.2, 0.25) is 0 Å². The Morgan fingerprint density at radius 2 is 2.09 bits per heavy atom. The molecule has 1 N–H and O–H groups in total. The maximum Gasteiger partial charge on any atom is 0.194 e. The van der Waals surface area contributed by atoms with Gasteiger partial charge in [0.05, 0.1) is 6.54 Å². The van der Waals surface area contributed by atoms with Crippen molar-refractivity contribution in [1.29, 1.82) is 0 Å². The van der Waals surface area contributed by atoms with Gasteiger partial charge in [0.15, 0.2) is 5.96 Å². The Balaban J connectivity index is 2.02. The number of rotatable bonds is 7. The smallest absolute Gasteiger partial charge is 0.194 e. The normalized spacial score (nSPS) is 16.5. The lowest BCUT2D eigenvalue weighted by Gasteiger charge is -2.25. The fraction of sp³-hybridized carbons (Fsp3) is 0.611. The number of halogens is 1. The van der Waals surface area contributed by atoms with Crippen molar-refractivity contribution in [2.45, 2.75) is 32.4 Å². The molecule has 0 heterocycles. The van der Waals surface area contributed by atoms with Gasteiger partial charge in [-0.25, -0.2) is 4.39 Å². The molecule has 1 aliphatic rings. The van der Waals surface area contributed by atoms with Crippen LogP contribution in [0.25, 0.3) is 0 Å². The molecule has 1 unspecified atom stereocenters. The Labute approximate surface area is 139 Å². The summed E-state index contributed by atoms with van der Waals surface area (Å²) >= 11 is 0. The van der Waals surface area contributed by atoms with Crippen LogP contribution in [0.5, 0.6) is 0 Å². The van der Waals surface area contributed by atoms with E-state index < -0.39 is 0 Å². The monoisotopic (exact) mass is 320 g/mol. The van der Waals surface area contributed by atoms with Gasteiger partial charge in [0.25, 0.3) is 0 Å². The fourth-order valence-electron chi connectivity index (χ4n) is 2.85. The van der Waals surface area contributed by atoms with Crippen LogP contribution in [0.4, 0.5) is 4.39 Å². The molecule has 2 rings (SSSR count). The number of guanidine groups is 1. The third kappa shape index (κ3) is 5.50. The summed E-state index contributed by atoms with van der Waals surface area (Å²) in [5, 5.41) is 3.33. The van der Waals surface area contributed by atoms with E-state index >= 15 is 0 Å². The number of aliphatic imine (C=N–C) groups is 1. The highest BCUT2D eigenvalue weighted by molar-refractivity contribution is 5.79. The highest BCUT2D eigenvalue weighted by Crippen LogP contribution is 2.34. The highest BCUT2D eigenvalue weighted by atomic mass is 19.1. The lowest BCUT2D eigenvalue weighted by Crippen LogP contribution is -2.40. The Kier molecular flexibility index (Phi) is 6.39. The maximum absolute atomic E-state index is 13.3. The summed E-state index contributed by atoms with van der Waals surface area (Å²) in [6, 6.07) is 7.24. The molecule has 23 heavy (non-hydrogen) atoms. The second kappa shape index (κ2) is 8.29. The fourth-order valence-corrected chi connectivity index (χ4v) is 2.85. The first-order chi connectivity index (χ1) is 11.0. The number of likely N-dealkylation sites (N-methyl/N-ethyl adjacent to an activating group) is 1. The van der Waals surface area contributed by atoms with E-state index in [1.165, 1.54) is 18.9 Å². The van der Waals surface area contributed by atoms with Crippen LogP contribution in [0, 0.1) is 11.7 Å². The standard InChI is InChI=1S/C18H29FN4/c1-5-20-18(21-12-17(22(2)3)15-9-10-15)23(4)13-14-7-6-8-16(19)11-14/h6-8,11,15,17H,5,9-10,12-13H2,1-4H3,(H,20,21). The zero-order valence-electron chi connectivity index (χ0n) is 14.7. The quantitative estimate of drug-likeness (QED) is 0.619. The lowest BCUT2D eigenvalue weighted by atomic mass is 10.2. The third-order valence-electron chi connectivity index (χ3n) is 4.26. The van der Waals surface area contributed by atoms with Crippen molar-refractivity contribution in [2.75, 3.05) is 34.2 Å². The second-order valence-electron chi connectivity index (χ2n) is 6.55. The maximum atomic E-state index is 13.3. The van der Waals surface area contributed by atoms with Crippen LogP contribution in [-0.2, 0) is 6.54 Å². The number of hydrogen-bond donors (Lipinski definition) is 1. The second-order valence-corrected chi connectivity index (χ2v) is 6.55. The van der Waals surface area contributed by atoms with Gasteiger partial charge in [-0.05, 0) is 57.5 Å². The average Bonchev–Trinajstić information content (AvgIpc) is 3.30. The van der Waals surface area contributed by atoms with Gasteiger partial charge >= 0.3 is 0 Å². The molecule has 5 heteroatoms. The van der Waals surface area contributed by atoms with E-state index in [9.17, 15) is 4.39 Å². The van der Waals surface area contributed by atoms with Crippen LogP contribution in [0.15, 0.2) is 29.3 Å². The third-order valence-corrected chi connectivity index (χ3v) is 4.26. The van der Waals surface area contributed by atoms with E-state index in [2.05, 4.69) is 36.1 Å². The largest absolute Gasteiger partial charge is 0.357 e. The Hall–Kier alpha value is -1.62. The first kappa shape index (κ1) is 17.7. The van der Waals surface area contributed by atoms with Crippen LogP contribution in [-0.4, -0.2) is 56.0 Å². The number of benzene rings is 1. The summed E-state index contributed by atoms with van der Waals surface area (Å²) in [7, 11) is 6.25. The van der Waals surface area contributed by atoms with E-state index in [0.29, 0.717) is 12.6 Å². The van der Waals surface area contributed by atoms with Crippen molar-refractivity contribution in [3.8, 4) is 0 Å². The summed E-state index contributed by atoms with van der Waals surface area (Å²) in [5.41, 5.74) is 0.949. The van der Waals surface area contributed by atoms with Crippen LogP contribution in [0.3, 0.4) is 0 Å². The van der Waals surface area contributed by atoms with Crippen molar-refractivity contribution in [1.82, 2.24) is 15.1 Å². The Morgan fingerprint density at radius 1 is 1.35 bits per heavy atom. The molecule has 1 fully saturated rings. The van der Waals surface area contributed by atoms with Crippen LogP contribution < -0.4 is 5.32 Å². The van der Waals surface area contributed by atoms with Crippen LogP contribution in [0.1, 0.15) is 25.3 Å². The highest BCUT2D eigenvalue weighted by Gasteiger charge is 2.32. The predicted octanol–water partition coefficient (Wildman–Crippen LogP) is 2.56. The molecule has 1 aromatic rings. The van der Waals surface area contributed by atoms with Gasteiger partial charge in [0.2, 0.25) is 0 Å². The number of nitrogens with one attached hydrogen (secondary N) is 1. The van der Waals surface area contributed by atoms with Crippen molar-refractivity contribution in [2.24, 2.45) is 10.9 Å². The van der Waals surface area contributed by atoms with Crippen molar-refractivity contribution >= 4 is 5.96 Å². The summed E-state index contributed by atoms with van der Waals surface area (Å²) in [4.78, 5) is 9.14. The average molecular weight is 320 g/mol. The van der Waals surface area contributed by atoms with Crippen molar-refractivity contribution < 1.29 is 4.39 Å². The minimum Gasteiger partial charge on any atom is -0.357 e. The van der Waals surface area contributed by atoms with Gasteiger partial charge in [0, 0.05) is 26.2 Å². The van der Waals surface area contributed by atoms with Gasteiger partial charge in [-0.2, -0.15) is 0 Å². The summed E-state index contributed by atoms with van der Waals surface area (Å²) in [6.45, 7) is 4.32. The zero-order chi connectivity index (χ0) is 16.8. The van der Waals surface area contributed by atoms with Gasteiger partial charge < -0.3 is 15.1 Å². The molecule has 0 aromatic heterocycles. The topological polar surface area (TPSA) is 30.9 Å². The zero-order valence-corrected chi connectivity index (χ0v) is 14.7. The molecular weight excluding hydrogens is 291 g/mol. The van der Waals surface area contributed by atoms with Crippen LogP contribution >= 0.6 is 0 Å². The van der Waals surface area contributed by atoms with E-state index in [1.54, 1.807) is 12.1 Å². The minimum absolute atomic E-state index is 0.195. The van der Waals surface area contributed by atoms with Crippen molar-refractivity contribution in [3.63, 3.8) is 0 Å². The van der Waals surface area contributed by atoms with Gasteiger partial charge in [-0.15, -0.1) is 0 Å². The first-order valence-electron chi connectivity index (χ1n) is 8.41. The Bertz CT molecular complexity index is 524. The minimum atomic E-state index is -0.195. The van der Waals surface area contributed by atoms with E-state index in [1.807, 2.05) is 13.1 Å². The molecule has 0 spiro atoms. The van der Waals surface area contributed by atoms with Crippen molar-refractivity contribution in [3.05, 3.63) is 35.6 Å². The Morgan fingerprint density at radius 3 is 2.65 bits per heavy atom. The first-order valence-corrected chi connectivity index (χ1v) is 8.41. The van der Waals surface area contributed by atoms with E-state index in [-0.39, 0.29) is 5.82 Å². The molecule has 0 bridgehead atoms. The van der Waals surface area contributed by atoms with E-state index in [4.69, 9.17) is 4.99 Å². The number of nitrogens with zero attached hydrogens (tertiary/aromatic N) is 3. The molecule has 128 valence electrons. The molecule has 0 radical (unpaired) electrons. The predicted molar refractivity (Wildman–Crippen MR) is 94.0 cm³/mol. The number of hydrogen-bond acceptors (Lipinski definition) is 2. The molecule has 4 nitrogen and oxygen atoms in total. The lowest BCUT2D eigenvalue weighted by molar-refractivity contribution is 0.270. The molecule has 0 aliphatic heterocycles. The summed E-state index contributed by atoms with van der Waals surface area (Å²) in [6.07, 6.45) is 2.63. The molecule has 0 amide bonds. The molecule has 0 saturated heterocycles. The SMILES string of the molecule is CCNC(=NCC(C1CC1)N(C)C)N(C)Cc1cccc(F)c1. The molecular formula is C18H29FN4. The molecule has 1 aliphatic carbocycles.